The van der Waals surface area contributed by atoms with Gasteiger partial charge in [-0.1, -0.05) is 0 Å². The van der Waals surface area contributed by atoms with Crippen LogP contribution in [0.4, 0.5) is 0 Å². The molecule has 1 aromatic heterocycles. The van der Waals surface area contributed by atoms with Gasteiger partial charge in [0.05, 0.1) is 0 Å². The van der Waals surface area contributed by atoms with Gasteiger partial charge >= 0.3 is 0 Å². The van der Waals surface area contributed by atoms with Crippen molar-refractivity contribution in [2.45, 2.75) is 19.9 Å². The van der Waals surface area contributed by atoms with Gasteiger partial charge in [-0.25, -0.2) is 0 Å². The van der Waals surface area contributed by atoms with Gasteiger partial charge in [0.15, 0.2) is 0 Å². The molecule has 4 heteroatoms. The predicted molar refractivity (Wildman–Crippen MR) is 34.9 cm³/mol. The Kier molecular flexibility index (Phi) is 2.02. The third kappa shape index (κ3) is 1.24. The number of rotatable bonds is 1. The maximum atomic E-state index is 4.00. The van der Waals surface area contributed by atoms with Crippen LogP contribution in [0.1, 0.15) is 25.7 Å². The Morgan fingerprint density at radius 2 is 2.20 bits per heavy atom. The first kappa shape index (κ1) is 8.01. The molecule has 1 aromatic rings. The first-order valence-electron chi connectivity index (χ1n) is 2.93. The van der Waals surface area contributed by atoms with Crippen LogP contribution in [0, 0.1) is 6.92 Å². The summed E-state index contributed by atoms with van der Waals surface area (Å²) in [6.45, 7) is 7.68. The zero-order chi connectivity index (χ0) is 6.85. The van der Waals surface area contributed by atoms with Crippen molar-refractivity contribution in [2.24, 2.45) is 0 Å². The fourth-order valence-electron chi connectivity index (χ4n) is 0.560. The van der Waals surface area contributed by atoms with Crippen LogP contribution in [0.5, 0.6) is 0 Å². The smallest absolute Gasteiger partial charge is 0.111 e. The molecule has 58 valence electrons. The third-order valence-corrected chi connectivity index (χ3v) is 1.09. The molecule has 10 heavy (non-hydrogen) atoms. The molecular weight excluding hydrogens is 361 g/mol. The second-order valence-electron chi connectivity index (χ2n) is 2.23. The molecule has 0 atom stereocenters. The first-order chi connectivity index (χ1) is 4.20. The molecule has 0 aliphatic rings. The summed E-state index contributed by atoms with van der Waals surface area (Å²) in [5.41, 5.74) is 0. The zero-order valence-electron chi connectivity index (χ0n) is 6.06. The molecule has 3 nitrogen and oxygen atoms in total. The van der Waals surface area contributed by atoms with E-state index in [4.69, 9.17) is 0 Å². The first-order valence-corrected chi connectivity index (χ1v) is 2.93. The van der Waals surface area contributed by atoms with Crippen molar-refractivity contribution in [1.29, 1.82) is 0 Å². The Hall–Kier alpha value is -1.99. The molecule has 1 heterocycles. The summed E-state index contributed by atoms with van der Waals surface area (Å²) in [4.78, 5) is 3.88. The van der Waals surface area contributed by atoms with E-state index in [9.17, 15) is 0 Å². The van der Waals surface area contributed by atoms with Crippen LogP contribution in [0.2, 0.25) is 0 Å². The van der Waals surface area contributed by atoms with Gasteiger partial charge in [-0.15, -0.1) is 0 Å². The molecule has 0 aliphatic heterocycles. The molecular formula is C6H10CmN3-. The average molecular weight is 371 g/mol. The van der Waals surface area contributed by atoms with Gasteiger partial charge in [0.2, 0.25) is 0 Å². The van der Waals surface area contributed by atoms with Crippen LogP contribution in [-0.2, 0) is 0 Å². The van der Waals surface area contributed by atoms with Crippen LogP contribution in [0.15, 0.2) is 6.33 Å². The SMILES string of the molecule is [CH2-]c1ncn(C(C)C)n1.[Cm]. The molecule has 0 spiro atoms. The summed E-state index contributed by atoms with van der Waals surface area (Å²) in [6.07, 6.45) is 1.69. The van der Waals surface area contributed by atoms with Crippen molar-refractivity contribution < 1.29 is 0 Å². The Bertz CT molecular complexity index is 195. The van der Waals surface area contributed by atoms with Crippen LogP contribution >= 0.6 is 0 Å². The van der Waals surface area contributed by atoms with Crippen molar-refractivity contribution in [3.63, 3.8) is 0 Å². The molecule has 0 radical (unpaired) electrons. The van der Waals surface area contributed by atoms with Crippen molar-refractivity contribution in [1.82, 2.24) is 14.8 Å². The number of hydrogen-bond donors (Lipinski definition) is 0. The predicted octanol–water partition coefficient (Wildman–Crippen LogP) is 1.04. The molecule has 0 aromatic carbocycles. The Balaban J connectivity index is 0.000000810. The van der Waals surface area contributed by atoms with Crippen molar-refractivity contribution in [3.05, 3.63) is 19.1 Å². The molecule has 1 rings (SSSR count). The van der Waals surface area contributed by atoms with Crippen molar-refractivity contribution in [3.8, 4) is 0 Å². The topological polar surface area (TPSA) is 30.7 Å². The summed E-state index contributed by atoms with van der Waals surface area (Å²) in [5.74, 6) is 0.587. The fourth-order valence-corrected chi connectivity index (χ4v) is 0.560. The fraction of sp³-hybridized carbons (Fsp3) is 0.500. The van der Waals surface area contributed by atoms with Crippen molar-refractivity contribution in [2.75, 3.05) is 0 Å². The second kappa shape index (κ2) is 2.53. The summed E-state index contributed by atoms with van der Waals surface area (Å²) < 4.78 is 1.78. The van der Waals surface area contributed by atoms with Gasteiger partial charge in [-0.05, 0) is 13.8 Å². The minimum absolute atomic E-state index is 0. The van der Waals surface area contributed by atoms with E-state index in [1.807, 2.05) is 13.8 Å². The van der Waals surface area contributed by atoms with Crippen LogP contribution in [-0.4, -0.2) is 14.8 Å². The van der Waals surface area contributed by atoms with Crippen LogP contribution in [0.25, 0.3) is 0 Å². The molecule has 0 fully saturated rings. The third-order valence-electron chi connectivity index (χ3n) is 1.09. The van der Waals surface area contributed by atoms with Crippen LogP contribution in [0.3, 0.4) is 0 Å². The number of hydrogen-bond acceptors (Lipinski definition) is 2. The minimum atomic E-state index is 0. The molecule has 0 unspecified atom stereocenters. The maximum absolute atomic E-state index is 4.00. The van der Waals surface area contributed by atoms with Gasteiger partial charge in [0, 0.05) is 11.9 Å². The Morgan fingerprint density at radius 1 is 1.60 bits per heavy atom. The van der Waals surface area contributed by atoms with E-state index in [2.05, 4.69) is 17.0 Å². The number of nitrogens with zero attached hydrogens (tertiary/aromatic N) is 3. The molecule has 0 amide bonds. The Morgan fingerprint density at radius 3 is 2.40 bits per heavy atom. The van der Waals surface area contributed by atoms with E-state index in [-0.39, 0.29) is 0 Å². The maximum Gasteiger partial charge on any atom is 0.111 e. The number of aromatic nitrogens is 3. The normalized spacial score (nSPS) is 9.50. The van der Waals surface area contributed by atoms with E-state index in [0.29, 0.717) is 11.9 Å². The van der Waals surface area contributed by atoms with Gasteiger partial charge in [0.1, 0.15) is 6.33 Å². The summed E-state index contributed by atoms with van der Waals surface area (Å²) in [5, 5.41) is 4.00. The molecule has 0 N–H and O–H groups in total. The minimum Gasteiger partial charge on any atom is -0.336 e. The largest absolute Gasteiger partial charge is 0.336 e. The second-order valence-corrected chi connectivity index (χ2v) is 2.23. The monoisotopic (exact) mass is 367 g/mol. The summed E-state index contributed by atoms with van der Waals surface area (Å²) >= 11 is 0. The van der Waals surface area contributed by atoms with Gasteiger partial charge < -0.3 is 6.92 Å². The zero-order valence-corrected chi connectivity index (χ0v) is 9.00. The van der Waals surface area contributed by atoms with Gasteiger partial charge in [0.25, 0.3) is 0 Å². The van der Waals surface area contributed by atoms with E-state index in [1.165, 1.54) is 0 Å². The van der Waals surface area contributed by atoms with Crippen molar-refractivity contribution >= 4 is 0 Å². The van der Waals surface area contributed by atoms with E-state index >= 15 is 0 Å². The average Bonchev–Trinajstić information content (AvgIpc) is 2.14. The quantitative estimate of drug-likeness (QED) is 0.691. The standard InChI is InChI=1S/C6H10N3.Cm/c1-5(2)9-4-7-6(3)8-9;/h4-5H,3H2,1-2H3;/q-1;. The Labute approximate surface area is 54.7 Å². The molecule has 0 aliphatic carbocycles. The molecule has 0 saturated carbocycles. The van der Waals surface area contributed by atoms with E-state index < -0.39 is 0 Å². The van der Waals surface area contributed by atoms with Crippen LogP contribution < -0.4 is 0 Å². The molecule has 0 bridgehead atoms. The van der Waals surface area contributed by atoms with Gasteiger partial charge in [-0.2, -0.15) is 5.10 Å². The summed E-state index contributed by atoms with van der Waals surface area (Å²) in [6, 6.07) is 0.382. The van der Waals surface area contributed by atoms with E-state index in [0.717, 1.165) is 0 Å². The molecule has 0 saturated heterocycles. The van der Waals surface area contributed by atoms with E-state index in [1.54, 1.807) is 11.0 Å². The summed E-state index contributed by atoms with van der Waals surface area (Å²) in [7, 11) is 0. The van der Waals surface area contributed by atoms with Gasteiger partial charge in [-0.3, -0.25) is 9.67 Å².